The highest BCUT2D eigenvalue weighted by Gasteiger charge is 2.29. The summed E-state index contributed by atoms with van der Waals surface area (Å²) in [6.07, 6.45) is 3.86. The van der Waals surface area contributed by atoms with Gasteiger partial charge in [-0.2, -0.15) is 5.10 Å². The highest BCUT2D eigenvalue weighted by molar-refractivity contribution is 5.94. The Bertz CT molecular complexity index is 1030. The van der Waals surface area contributed by atoms with Crippen molar-refractivity contribution >= 4 is 5.91 Å². The molecule has 0 aliphatic heterocycles. The number of nitrogens with one attached hydrogen (secondary N) is 1. The highest BCUT2D eigenvalue weighted by atomic mass is 19.1. The fraction of sp³-hybridized carbons (Fsp3) is 0.364. The van der Waals surface area contributed by atoms with E-state index < -0.39 is 11.6 Å². The van der Waals surface area contributed by atoms with Gasteiger partial charge in [0.15, 0.2) is 5.69 Å². The molecule has 8 heteroatoms. The molecule has 158 valence electrons. The number of fused-ring (bicyclic) bond motifs is 1. The lowest BCUT2D eigenvalue weighted by molar-refractivity contribution is 0.0767. The first-order chi connectivity index (χ1) is 14.4. The predicted octanol–water partition coefficient (Wildman–Crippen LogP) is 3.21. The first kappa shape index (κ1) is 20.3. The summed E-state index contributed by atoms with van der Waals surface area (Å²) in [6, 6.07) is 7.22. The van der Waals surface area contributed by atoms with Crippen molar-refractivity contribution in [3.05, 3.63) is 76.5 Å². The predicted molar refractivity (Wildman–Crippen MR) is 107 cm³/mol. The third-order valence-electron chi connectivity index (χ3n) is 5.49. The van der Waals surface area contributed by atoms with Gasteiger partial charge in [0.25, 0.3) is 5.91 Å². The van der Waals surface area contributed by atoms with Crippen molar-refractivity contribution in [1.82, 2.24) is 20.0 Å². The van der Waals surface area contributed by atoms with Gasteiger partial charge in [-0.3, -0.25) is 9.48 Å². The molecule has 0 fully saturated rings. The number of carbonyl (C=O) groups excluding carboxylic acids is 1. The number of rotatable bonds is 6. The molecule has 1 atom stereocenters. The van der Waals surface area contributed by atoms with Gasteiger partial charge >= 0.3 is 0 Å². The molecule has 0 radical (unpaired) electrons. The second kappa shape index (κ2) is 8.39. The number of carbonyl (C=O) groups is 1. The Morgan fingerprint density at radius 1 is 1.33 bits per heavy atom. The summed E-state index contributed by atoms with van der Waals surface area (Å²) in [7, 11) is 3.58. The molecule has 2 heterocycles. The molecule has 1 amide bonds. The Morgan fingerprint density at radius 2 is 2.10 bits per heavy atom. The van der Waals surface area contributed by atoms with Gasteiger partial charge in [0.2, 0.25) is 0 Å². The minimum atomic E-state index is -0.586. The zero-order valence-electron chi connectivity index (χ0n) is 17.0. The lowest BCUT2D eigenvalue weighted by atomic mass is 9.91. The van der Waals surface area contributed by atoms with E-state index in [4.69, 9.17) is 4.42 Å². The molecule has 0 unspecified atom stereocenters. The van der Waals surface area contributed by atoms with Crippen LogP contribution in [0.4, 0.5) is 8.78 Å². The molecule has 3 aromatic rings. The number of amides is 1. The summed E-state index contributed by atoms with van der Waals surface area (Å²) >= 11 is 0. The van der Waals surface area contributed by atoms with Crippen LogP contribution in [-0.2, 0) is 33.0 Å². The molecule has 1 N–H and O–H groups in total. The number of halogens is 2. The standard InChI is InChI=1S/C22H24F2N4O2/c1-27(13-18-4-3-7-30-18)22(29)21-19-11-17(5-6-20(19)28(2)26-21)25-12-14-8-15(23)10-16(24)9-14/h3-4,7-10,17,25H,5-6,11-13H2,1-2H3/t17-/m0/s1. The average molecular weight is 414 g/mol. The van der Waals surface area contributed by atoms with E-state index in [1.54, 1.807) is 29.0 Å². The van der Waals surface area contributed by atoms with Crippen LogP contribution in [-0.4, -0.2) is 33.7 Å². The summed E-state index contributed by atoms with van der Waals surface area (Å²) in [6.45, 7) is 0.723. The van der Waals surface area contributed by atoms with E-state index in [2.05, 4.69) is 10.4 Å². The molecule has 0 saturated carbocycles. The minimum absolute atomic E-state index is 0.0926. The molecule has 6 nitrogen and oxygen atoms in total. The van der Waals surface area contributed by atoms with Crippen LogP contribution in [0.2, 0.25) is 0 Å². The Labute approximate surface area is 173 Å². The summed E-state index contributed by atoms with van der Waals surface area (Å²) in [5, 5.41) is 7.85. The second-order valence-corrected chi connectivity index (χ2v) is 7.74. The number of furan rings is 1. The summed E-state index contributed by atoms with van der Waals surface area (Å²) in [5.41, 5.74) is 2.99. The maximum absolute atomic E-state index is 13.4. The van der Waals surface area contributed by atoms with E-state index in [0.29, 0.717) is 36.5 Å². The van der Waals surface area contributed by atoms with Gasteiger partial charge in [-0.1, -0.05) is 0 Å². The number of benzene rings is 1. The molecule has 1 aliphatic carbocycles. The number of hydrogen-bond donors (Lipinski definition) is 1. The molecule has 30 heavy (non-hydrogen) atoms. The van der Waals surface area contributed by atoms with Crippen LogP contribution in [0.3, 0.4) is 0 Å². The lowest BCUT2D eigenvalue weighted by Gasteiger charge is -2.25. The van der Waals surface area contributed by atoms with Crippen LogP contribution in [0.5, 0.6) is 0 Å². The molecule has 0 bridgehead atoms. The van der Waals surface area contributed by atoms with Gasteiger partial charge in [-0.05, 0) is 49.1 Å². The van der Waals surface area contributed by atoms with E-state index in [-0.39, 0.29) is 11.9 Å². The molecule has 1 aliphatic rings. The van der Waals surface area contributed by atoms with Crippen molar-refractivity contribution in [3.63, 3.8) is 0 Å². The van der Waals surface area contributed by atoms with Crippen LogP contribution in [0.15, 0.2) is 41.0 Å². The van der Waals surface area contributed by atoms with Gasteiger partial charge < -0.3 is 14.6 Å². The zero-order chi connectivity index (χ0) is 21.3. The molecule has 0 spiro atoms. The van der Waals surface area contributed by atoms with Crippen LogP contribution >= 0.6 is 0 Å². The maximum atomic E-state index is 13.4. The SMILES string of the molecule is CN(Cc1ccco1)C(=O)c1nn(C)c2c1C[C@@H](NCc1cc(F)cc(F)c1)CC2. The fourth-order valence-electron chi connectivity index (χ4n) is 4.00. The molecular formula is C22H24F2N4O2. The Kier molecular flexibility index (Phi) is 5.67. The van der Waals surface area contributed by atoms with E-state index >= 15 is 0 Å². The van der Waals surface area contributed by atoms with Gasteiger partial charge in [-0.15, -0.1) is 0 Å². The highest BCUT2D eigenvalue weighted by Crippen LogP contribution is 2.26. The Balaban J connectivity index is 1.46. The molecule has 1 aromatic carbocycles. The van der Waals surface area contributed by atoms with E-state index in [1.165, 1.54) is 12.1 Å². The van der Waals surface area contributed by atoms with Crippen molar-refractivity contribution in [1.29, 1.82) is 0 Å². The normalized spacial score (nSPS) is 15.8. The maximum Gasteiger partial charge on any atom is 0.274 e. The quantitative estimate of drug-likeness (QED) is 0.673. The number of aryl methyl sites for hydroxylation is 1. The van der Waals surface area contributed by atoms with Crippen LogP contribution in [0.25, 0.3) is 0 Å². The number of aromatic nitrogens is 2. The van der Waals surface area contributed by atoms with Crippen molar-refractivity contribution in [3.8, 4) is 0 Å². The number of nitrogens with zero attached hydrogens (tertiary/aromatic N) is 3. The topological polar surface area (TPSA) is 63.3 Å². The number of hydrogen-bond acceptors (Lipinski definition) is 4. The van der Waals surface area contributed by atoms with Gasteiger partial charge in [0.05, 0.1) is 12.8 Å². The fourth-order valence-corrected chi connectivity index (χ4v) is 4.00. The summed E-state index contributed by atoms with van der Waals surface area (Å²) < 4.78 is 33.9. The third kappa shape index (κ3) is 4.28. The van der Waals surface area contributed by atoms with Crippen LogP contribution in [0, 0.1) is 11.6 Å². The molecular weight excluding hydrogens is 390 g/mol. The zero-order valence-corrected chi connectivity index (χ0v) is 17.0. The van der Waals surface area contributed by atoms with Gasteiger partial charge in [-0.25, -0.2) is 8.78 Å². The van der Waals surface area contributed by atoms with E-state index in [9.17, 15) is 13.6 Å². The third-order valence-corrected chi connectivity index (χ3v) is 5.49. The van der Waals surface area contributed by atoms with Crippen molar-refractivity contribution in [2.75, 3.05) is 7.05 Å². The van der Waals surface area contributed by atoms with E-state index in [0.717, 1.165) is 30.2 Å². The van der Waals surface area contributed by atoms with Crippen LogP contribution < -0.4 is 5.32 Å². The molecule has 2 aromatic heterocycles. The van der Waals surface area contributed by atoms with Gasteiger partial charge in [0, 0.05) is 44.0 Å². The monoisotopic (exact) mass is 414 g/mol. The lowest BCUT2D eigenvalue weighted by Crippen LogP contribution is -2.35. The minimum Gasteiger partial charge on any atom is -0.467 e. The summed E-state index contributed by atoms with van der Waals surface area (Å²) in [4.78, 5) is 14.6. The smallest absolute Gasteiger partial charge is 0.274 e. The van der Waals surface area contributed by atoms with E-state index in [1.807, 2.05) is 13.1 Å². The van der Waals surface area contributed by atoms with Crippen LogP contribution in [0.1, 0.15) is 39.5 Å². The first-order valence-corrected chi connectivity index (χ1v) is 9.91. The molecule has 0 saturated heterocycles. The van der Waals surface area contributed by atoms with Gasteiger partial charge in [0.1, 0.15) is 17.4 Å². The average Bonchev–Trinajstić information content (AvgIpc) is 3.33. The second-order valence-electron chi connectivity index (χ2n) is 7.74. The van der Waals surface area contributed by atoms with Crippen molar-refractivity contribution < 1.29 is 18.0 Å². The Morgan fingerprint density at radius 3 is 2.80 bits per heavy atom. The Hall–Kier alpha value is -3.00. The van der Waals surface area contributed by atoms with Crippen molar-refractivity contribution in [2.45, 2.75) is 38.4 Å². The molecule has 4 rings (SSSR count). The largest absolute Gasteiger partial charge is 0.467 e. The van der Waals surface area contributed by atoms with Crippen molar-refractivity contribution in [2.24, 2.45) is 7.05 Å². The first-order valence-electron chi connectivity index (χ1n) is 9.91. The summed E-state index contributed by atoms with van der Waals surface area (Å²) in [5.74, 6) is -0.622.